The van der Waals surface area contributed by atoms with E-state index in [-0.39, 0.29) is 41.1 Å². The molecular weight excluding hydrogens is 450 g/mol. The quantitative estimate of drug-likeness (QED) is 0.402. The van der Waals surface area contributed by atoms with Crippen LogP contribution in [0.1, 0.15) is 113 Å². The number of hydrogen-bond acceptors (Lipinski definition) is 4. The molecule has 0 unspecified atom stereocenters. The van der Waals surface area contributed by atoms with Crippen LogP contribution in [0.2, 0.25) is 0 Å². The van der Waals surface area contributed by atoms with Gasteiger partial charge in [-0.05, 0) is 124 Å². The molecular formula is C31H53NO4. The number of aliphatic hydroxyl groups excluding tert-OH is 1. The molecule has 0 radical (unpaired) electrons. The zero-order valence-corrected chi connectivity index (χ0v) is 24.0. The van der Waals surface area contributed by atoms with E-state index in [0.29, 0.717) is 47.7 Å². The fourth-order valence-electron chi connectivity index (χ4n) is 10.1. The van der Waals surface area contributed by atoms with Crippen molar-refractivity contribution in [2.75, 3.05) is 0 Å². The first kappa shape index (κ1) is 27.9. The minimum absolute atomic E-state index is 0.0496. The van der Waals surface area contributed by atoms with Crippen molar-refractivity contribution in [3.05, 3.63) is 0 Å². The number of ether oxygens (including phenoxy) is 1. The smallest absolute Gasteiger partial charge is 0.407 e. The number of aliphatic hydroxyl groups is 1. The normalized spacial score (nSPS) is 44.8. The lowest BCUT2D eigenvalue weighted by Gasteiger charge is -2.64. The Morgan fingerprint density at radius 3 is 2.31 bits per heavy atom. The van der Waals surface area contributed by atoms with Gasteiger partial charge in [0.1, 0.15) is 11.9 Å². The van der Waals surface area contributed by atoms with Crippen LogP contribution in [0, 0.1) is 52.3 Å². The van der Waals surface area contributed by atoms with Crippen LogP contribution in [0.25, 0.3) is 0 Å². The molecule has 0 spiro atoms. The molecule has 36 heavy (non-hydrogen) atoms. The van der Waals surface area contributed by atoms with E-state index in [1.165, 1.54) is 25.7 Å². The molecule has 0 heterocycles. The summed E-state index contributed by atoms with van der Waals surface area (Å²) in [5.41, 5.74) is 0.480. The lowest BCUT2D eigenvalue weighted by Crippen LogP contribution is -2.62. The molecule has 4 fully saturated rings. The van der Waals surface area contributed by atoms with Gasteiger partial charge in [0, 0.05) is 12.5 Å². The summed E-state index contributed by atoms with van der Waals surface area (Å²) in [6.07, 6.45) is 9.88. The number of rotatable bonds is 7. The minimum atomic E-state index is -0.301. The van der Waals surface area contributed by atoms with Crippen LogP contribution >= 0.6 is 0 Å². The van der Waals surface area contributed by atoms with Gasteiger partial charge >= 0.3 is 6.09 Å². The molecule has 4 saturated carbocycles. The predicted molar refractivity (Wildman–Crippen MR) is 143 cm³/mol. The van der Waals surface area contributed by atoms with Crippen molar-refractivity contribution in [2.45, 2.75) is 131 Å². The van der Waals surface area contributed by atoms with Crippen LogP contribution in [0.4, 0.5) is 4.79 Å². The Balaban J connectivity index is 1.54. The van der Waals surface area contributed by atoms with E-state index in [4.69, 9.17) is 4.74 Å². The minimum Gasteiger partial charge on any atom is -0.446 e. The summed E-state index contributed by atoms with van der Waals surface area (Å²) >= 11 is 0. The van der Waals surface area contributed by atoms with Gasteiger partial charge in [-0.1, -0.05) is 34.1 Å². The second-order valence-electron chi connectivity index (χ2n) is 14.0. The van der Waals surface area contributed by atoms with Crippen LogP contribution in [-0.2, 0) is 9.53 Å². The van der Waals surface area contributed by atoms with E-state index in [2.05, 4.69) is 33.0 Å². The predicted octanol–water partition coefficient (Wildman–Crippen LogP) is 6.76. The molecule has 4 rings (SSSR count). The highest BCUT2D eigenvalue weighted by molar-refractivity contribution is 5.75. The fraction of sp³-hybridized carbons (Fsp3) is 0.935. The lowest BCUT2D eigenvalue weighted by atomic mass is 9.41. The van der Waals surface area contributed by atoms with Crippen molar-refractivity contribution >= 4 is 11.9 Å². The van der Waals surface area contributed by atoms with Crippen LogP contribution in [0.3, 0.4) is 0 Å². The Morgan fingerprint density at radius 1 is 1.00 bits per heavy atom. The number of Topliss-reactive ketones (excluding diaryl/α,β-unsaturated/α-hetero) is 1. The third kappa shape index (κ3) is 4.87. The van der Waals surface area contributed by atoms with Gasteiger partial charge in [-0.15, -0.1) is 0 Å². The molecule has 4 aliphatic carbocycles. The molecule has 0 bridgehead atoms. The second-order valence-corrected chi connectivity index (χ2v) is 14.0. The van der Waals surface area contributed by atoms with Gasteiger partial charge < -0.3 is 20.0 Å². The van der Waals surface area contributed by atoms with Gasteiger partial charge in [0.15, 0.2) is 0 Å². The number of fused-ring (bicyclic) bond motifs is 5. The van der Waals surface area contributed by atoms with Crippen molar-refractivity contribution in [2.24, 2.45) is 52.3 Å². The maximum Gasteiger partial charge on any atom is 0.407 e. The molecule has 4 aliphatic rings. The molecule has 1 amide bonds. The van der Waals surface area contributed by atoms with Crippen molar-refractivity contribution in [3.63, 3.8) is 0 Å². The van der Waals surface area contributed by atoms with Gasteiger partial charge in [0.2, 0.25) is 0 Å². The number of ketones is 1. The summed E-state index contributed by atoms with van der Waals surface area (Å²) in [6, 6.07) is 0.0731. The largest absolute Gasteiger partial charge is 0.446 e. The molecule has 0 saturated heterocycles. The Kier molecular flexibility index (Phi) is 8.20. The molecule has 0 aliphatic heterocycles. The first-order valence-electron chi connectivity index (χ1n) is 15.1. The van der Waals surface area contributed by atoms with Crippen molar-refractivity contribution in [3.8, 4) is 0 Å². The maximum absolute atomic E-state index is 12.3. The monoisotopic (exact) mass is 503 g/mol. The highest BCUT2D eigenvalue weighted by atomic mass is 16.6. The van der Waals surface area contributed by atoms with Crippen molar-refractivity contribution < 1.29 is 19.4 Å². The zero-order valence-electron chi connectivity index (χ0n) is 24.0. The van der Waals surface area contributed by atoms with E-state index >= 15 is 0 Å². The van der Waals surface area contributed by atoms with E-state index < -0.39 is 0 Å². The average Bonchev–Trinajstić information content (AvgIpc) is 3.15. The Hall–Kier alpha value is -1.10. The molecule has 206 valence electrons. The highest BCUT2D eigenvalue weighted by Gasteiger charge is 2.65. The molecule has 0 aromatic rings. The second kappa shape index (κ2) is 10.6. The lowest BCUT2D eigenvalue weighted by molar-refractivity contribution is -0.203. The summed E-state index contributed by atoms with van der Waals surface area (Å²) in [4.78, 5) is 24.0. The number of amides is 1. The van der Waals surface area contributed by atoms with Gasteiger partial charge in [-0.2, -0.15) is 0 Å². The summed E-state index contributed by atoms with van der Waals surface area (Å²) in [5.74, 6) is 3.71. The van der Waals surface area contributed by atoms with Crippen LogP contribution < -0.4 is 5.32 Å². The standard InChI is InChI=1S/C31H53NO4/c1-8-22-26-17-21(36-29(35)32-18(2)3)13-15-31(26,7)25-14-16-30(6)23(19(4)9-10-20(5)33)11-12-24(30)27(25)28(22)34/h18-19,21-28,34H,8-17H2,1-7H3,(H,32,35)/t19-,21-,22-,23-,24+,25+,26+,27+,28-,30-,31-/m1/s1. The first-order chi connectivity index (χ1) is 16.9. The fourth-order valence-corrected chi connectivity index (χ4v) is 10.1. The van der Waals surface area contributed by atoms with Gasteiger partial charge in [-0.3, -0.25) is 0 Å². The summed E-state index contributed by atoms with van der Waals surface area (Å²) in [5, 5.41) is 14.9. The maximum atomic E-state index is 12.3. The Bertz CT molecular complexity index is 812. The molecule has 5 nitrogen and oxygen atoms in total. The number of alkyl carbamates (subject to hydrolysis) is 1. The SMILES string of the molecule is CC[C@H]1[C@@H](O)[C@@H]2[C@H](CC[C@]3(C)[C@@H]([C@H](C)CCC(C)=O)CC[C@@H]23)[C@@]2(C)CC[C@@H](OC(=O)NC(C)C)C[C@@H]12. The molecule has 11 atom stereocenters. The third-order valence-corrected chi connectivity index (χ3v) is 11.8. The number of nitrogens with one attached hydrogen (secondary N) is 1. The van der Waals surface area contributed by atoms with Crippen LogP contribution in [-0.4, -0.2) is 35.2 Å². The molecule has 5 heteroatoms. The summed E-state index contributed by atoms with van der Waals surface area (Å²) in [7, 11) is 0. The molecule has 2 N–H and O–H groups in total. The third-order valence-electron chi connectivity index (χ3n) is 11.8. The summed E-state index contributed by atoms with van der Waals surface area (Å²) in [6.45, 7) is 15.3. The van der Waals surface area contributed by atoms with E-state index in [9.17, 15) is 14.7 Å². The summed E-state index contributed by atoms with van der Waals surface area (Å²) < 4.78 is 5.87. The van der Waals surface area contributed by atoms with Gasteiger partial charge in [-0.25, -0.2) is 4.79 Å². The van der Waals surface area contributed by atoms with Crippen LogP contribution in [0.5, 0.6) is 0 Å². The highest BCUT2D eigenvalue weighted by Crippen LogP contribution is 2.69. The van der Waals surface area contributed by atoms with E-state index in [0.717, 1.165) is 32.1 Å². The van der Waals surface area contributed by atoms with Crippen molar-refractivity contribution in [1.29, 1.82) is 0 Å². The van der Waals surface area contributed by atoms with Crippen molar-refractivity contribution in [1.82, 2.24) is 5.32 Å². The molecule has 0 aromatic heterocycles. The Labute approximate surface area is 219 Å². The zero-order chi connectivity index (χ0) is 26.4. The van der Waals surface area contributed by atoms with Crippen LogP contribution in [0.15, 0.2) is 0 Å². The average molecular weight is 504 g/mol. The number of hydrogen-bond donors (Lipinski definition) is 2. The van der Waals surface area contributed by atoms with E-state index in [1.54, 1.807) is 6.92 Å². The van der Waals surface area contributed by atoms with E-state index in [1.807, 2.05) is 13.8 Å². The first-order valence-corrected chi connectivity index (χ1v) is 15.1. The number of carbonyl (C=O) groups excluding carboxylic acids is 2. The van der Waals surface area contributed by atoms with Gasteiger partial charge in [0.05, 0.1) is 6.10 Å². The van der Waals surface area contributed by atoms with Gasteiger partial charge in [0.25, 0.3) is 0 Å². The molecule has 0 aromatic carbocycles. The Morgan fingerprint density at radius 2 is 1.67 bits per heavy atom. The topological polar surface area (TPSA) is 75.6 Å². The number of carbonyl (C=O) groups is 2.